The van der Waals surface area contributed by atoms with E-state index in [1.54, 1.807) is 0 Å². The van der Waals surface area contributed by atoms with E-state index in [1.807, 2.05) is 43.3 Å². The van der Waals surface area contributed by atoms with E-state index in [1.165, 1.54) is 29.2 Å². The Morgan fingerprint density at radius 2 is 1.76 bits per heavy atom. The molecule has 4 atom stereocenters. The number of H-pyrrole nitrogens is 1. The number of nitrogens with zero attached hydrogens (tertiary/aromatic N) is 1. The standard InChI is InChI=1S/C40H45N4O9P/c1-22(2)30-10-5-4-7-28(30)21-53-23(3)31(15-16-36(41)46)43-38(47)34-19-25-9-6-8-24-11-12-26(39(48)44(34)37(24)25)20-35(45)33-18-29-17-27(13-14-32(29)42-33)40(49)54(50,51)52/h4-10,13-14,17-18,22-23,26,31,34,42H,11-12,15-16,19-21H2,1-3H3,(H2,41,46)(H,43,47)(H2,50,51,52)/t23-,26-,31+,34+/m1/s1. The number of nitrogens with two attached hydrogens (primary N) is 1. The zero-order valence-electron chi connectivity index (χ0n) is 30.4. The molecule has 0 spiro atoms. The van der Waals surface area contributed by atoms with Crippen molar-refractivity contribution in [3.05, 3.63) is 100 Å². The van der Waals surface area contributed by atoms with Crippen LogP contribution in [0.4, 0.5) is 5.69 Å². The molecular formula is C40H45N4O9P. The van der Waals surface area contributed by atoms with E-state index in [0.717, 1.165) is 22.3 Å². The highest BCUT2D eigenvalue weighted by atomic mass is 31.2. The van der Waals surface area contributed by atoms with Gasteiger partial charge in [0, 0.05) is 41.6 Å². The van der Waals surface area contributed by atoms with E-state index < -0.39 is 49.0 Å². The third kappa shape index (κ3) is 8.24. The maximum Gasteiger partial charge on any atom is 0.396 e. The van der Waals surface area contributed by atoms with Crippen LogP contribution in [-0.2, 0) is 43.1 Å². The zero-order chi connectivity index (χ0) is 38.9. The molecule has 54 heavy (non-hydrogen) atoms. The molecule has 3 amide bonds. The number of rotatable bonds is 15. The van der Waals surface area contributed by atoms with Gasteiger partial charge in [-0.05, 0) is 78.6 Å². The van der Waals surface area contributed by atoms with Crippen LogP contribution in [0, 0.1) is 5.92 Å². The van der Waals surface area contributed by atoms with Crippen molar-refractivity contribution < 1.29 is 43.1 Å². The number of aromatic amines is 1. The van der Waals surface area contributed by atoms with Gasteiger partial charge >= 0.3 is 7.60 Å². The Labute approximate surface area is 312 Å². The van der Waals surface area contributed by atoms with Gasteiger partial charge in [-0.2, -0.15) is 0 Å². The second-order valence-electron chi connectivity index (χ2n) is 14.5. The summed E-state index contributed by atoms with van der Waals surface area (Å²) in [5, 5.41) is 3.49. The number of benzene rings is 3. The molecule has 3 aromatic carbocycles. The fraction of sp³-hybridized carbons (Fsp3) is 0.375. The molecule has 2 aliphatic rings. The van der Waals surface area contributed by atoms with Gasteiger partial charge in [0.1, 0.15) is 6.04 Å². The third-order valence-electron chi connectivity index (χ3n) is 10.5. The van der Waals surface area contributed by atoms with Crippen LogP contribution in [0.15, 0.2) is 66.7 Å². The van der Waals surface area contributed by atoms with Crippen molar-refractivity contribution in [3.63, 3.8) is 0 Å². The number of Topliss-reactive ketones (excluding diaryl/α,β-unsaturated/α-hetero) is 1. The molecule has 6 N–H and O–H groups in total. The molecule has 0 saturated heterocycles. The van der Waals surface area contributed by atoms with Crippen molar-refractivity contribution in [1.82, 2.24) is 10.3 Å². The van der Waals surface area contributed by atoms with Crippen LogP contribution >= 0.6 is 7.60 Å². The number of nitrogens with one attached hydrogen (secondary N) is 2. The van der Waals surface area contributed by atoms with Gasteiger partial charge in [-0.3, -0.25) is 33.4 Å². The highest BCUT2D eigenvalue weighted by molar-refractivity contribution is 7.70. The largest absolute Gasteiger partial charge is 0.396 e. The number of anilines is 1. The maximum atomic E-state index is 14.4. The van der Waals surface area contributed by atoms with E-state index in [2.05, 4.69) is 30.2 Å². The predicted octanol–water partition coefficient (Wildman–Crippen LogP) is 5.06. The molecule has 0 bridgehead atoms. The van der Waals surface area contributed by atoms with E-state index in [0.29, 0.717) is 36.0 Å². The lowest BCUT2D eigenvalue weighted by Gasteiger charge is -2.31. The van der Waals surface area contributed by atoms with Crippen LogP contribution in [0.1, 0.15) is 95.5 Å². The Morgan fingerprint density at radius 3 is 2.48 bits per heavy atom. The van der Waals surface area contributed by atoms with Crippen molar-refractivity contribution in [3.8, 4) is 0 Å². The first-order chi connectivity index (χ1) is 25.6. The fourth-order valence-corrected chi connectivity index (χ4v) is 8.05. The summed E-state index contributed by atoms with van der Waals surface area (Å²) >= 11 is 0. The highest BCUT2D eigenvalue weighted by Gasteiger charge is 2.44. The summed E-state index contributed by atoms with van der Waals surface area (Å²) in [6.45, 7) is 6.36. The minimum Gasteiger partial charge on any atom is -0.372 e. The Kier molecular flexibility index (Phi) is 11.3. The van der Waals surface area contributed by atoms with Gasteiger partial charge in [-0.25, -0.2) is 0 Å². The lowest BCUT2D eigenvalue weighted by molar-refractivity contribution is -0.129. The number of aromatic nitrogens is 1. The summed E-state index contributed by atoms with van der Waals surface area (Å²) in [6.07, 6.45) is 0.776. The molecule has 284 valence electrons. The first-order valence-electron chi connectivity index (χ1n) is 18.1. The number of carbonyl (C=O) groups excluding carboxylic acids is 5. The lowest BCUT2D eigenvalue weighted by atomic mass is 9.93. The van der Waals surface area contributed by atoms with E-state index >= 15 is 0 Å². The van der Waals surface area contributed by atoms with Crippen LogP contribution in [0.2, 0.25) is 0 Å². The molecular weight excluding hydrogens is 711 g/mol. The van der Waals surface area contributed by atoms with Crippen molar-refractivity contribution in [2.75, 3.05) is 4.90 Å². The first kappa shape index (κ1) is 38.8. The van der Waals surface area contributed by atoms with Gasteiger partial charge in [0.2, 0.25) is 17.7 Å². The zero-order valence-corrected chi connectivity index (χ0v) is 31.3. The molecule has 14 heteroatoms. The number of para-hydroxylation sites is 1. The average molecular weight is 757 g/mol. The van der Waals surface area contributed by atoms with Gasteiger partial charge in [0.25, 0.3) is 5.52 Å². The molecule has 6 rings (SSSR count). The minimum atomic E-state index is -5.00. The Hall–Kier alpha value is -4.94. The summed E-state index contributed by atoms with van der Waals surface area (Å²) in [7, 11) is -5.00. The summed E-state index contributed by atoms with van der Waals surface area (Å²) < 4.78 is 17.8. The molecule has 0 saturated carbocycles. The van der Waals surface area contributed by atoms with Crippen molar-refractivity contribution in [1.29, 1.82) is 0 Å². The number of hydrogen-bond acceptors (Lipinski definition) is 7. The van der Waals surface area contributed by atoms with Gasteiger partial charge in [-0.15, -0.1) is 0 Å². The Morgan fingerprint density at radius 1 is 1.02 bits per heavy atom. The molecule has 0 radical (unpaired) electrons. The second-order valence-corrected chi connectivity index (χ2v) is 16.0. The fourth-order valence-electron chi connectivity index (χ4n) is 7.57. The van der Waals surface area contributed by atoms with E-state index in [9.17, 15) is 38.3 Å². The number of primary amides is 1. The summed E-state index contributed by atoms with van der Waals surface area (Å²) in [4.78, 5) is 89.4. The quantitative estimate of drug-likeness (QED) is 0.0810. The summed E-state index contributed by atoms with van der Waals surface area (Å²) in [5.41, 5.74) is 9.30. The van der Waals surface area contributed by atoms with Gasteiger partial charge < -0.3 is 30.6 Å². The number of fused-ring (bicyclic) bond motifs is 1. The summed E-state index contributed by atoms with van der Waals surface area (Å²) in [5.74, 6) is -2.09. The molecule has 3 heterocycles. The Balaban J connectivity index is 1.20. The SMILES string of the molecule is CC(C)c1ccccc1CO[C@H](C)[C@H](CCC(N)=O)NC(=O)[C@@H]1Cc2cccc3c2N1C(=O)[C@@H](CC(=O)c1cc2cc(C(=O)P(=O)(O)O)ccc2[nH]1)CC3. The maximum absolute atomic E-state index is 14.4. The second kappa shape index (κ2) is 15.8. The number of amides is 3. The number of aryl methyl sites for hydroxylation is 1. The normalized spacial score (nSPS) is 18.0. The van der Waals surface area contributed by atoms with Crippen LogP contribution in [0.25, 0.3) is 10.9 Å². The molecule has 13 nitrogen and oxygen atoms in total. The highest BCUT2D eigenvalue weighted by Crippen LogP contribution is 2.42. The van der Waals surface area contributed by atoms with Gasteiger partial charge in [-0.1, -0.05) is 56.3 Å². The predicted molar refractivity (Wildman–Crippen MR) is 202 cm³/mol. The number of hydrogen-bond donors (Lipinski definition) is 5. The monoisotopic (exact) mass is 756 g/mol. The Bertz CT molecular complexity index is 2170. The van der Waals surface area contributed by atoms with Crippen molar-refractivity contribution in [2.24, 2.45) is 11.7 Å². The minimum absolute atomic E-state index is 0.0259. The molecule has 0 aliphatic carbocycles. The molecule has 0 unspecified atom stereocenters. The van der Waals surface area contributed by atoms with Gasteiger partial charge in [0.15, 0.2) is 5.78 Å². The van der Waals surface area contributed by atoms with Crippen LogP contribution in [0.5, 0.6) is 0 Å². The number of ether oxygens (including phenoxy) is 1. The van der Waals surface area contributed by atoms with Crippen molar-refractivity contribution >= 4 is 53.2 Å². The van der Waals surface area contributed by atoms with Crippen LogP contribution in [0.3, 0.4) is 0 Å². The topological polar surface area (TPSA) is 209 Å². The lowest BCUT2D eigenvalue weighted by Crippen LogP contribution is -2.54. The third-order valence-corrected chi connectivity index (χ3v) is 11.2. The van der Waals surface area contributed by atoms with E-state index in [-0.39, 0.29) is 54.5 Å². The molecule has 1 aromatic heterocycles. The molecule has 0 fully saturated rings. The summed E-state index contributed by atoms with van der Waals surface area (Å²) in [6, 6.07) is 17.8. The molecule has 4 aromatic rings. The average Bonchev–Trinajstić information content (AvgIpc) is 3.71. The number of carbonyl (C=O) groups is 5. The van der Waals surface area contributed by atoms with Crippen LogP contribution < -0.4 is 16.0 Å². The smallest absolute Gasteiger partial charge is 0.372 e. The number of ketones is 1. The van der Waals surface area contributed by atoms with E-state index in [4.69, 9.17) is 10.5 Å². The first-order valence-corrected chi connectivity index (χ1v) is 19.7. The van der Waals surface area contributed by atoms with Crippen LogP contribution in [-0.4, -0.2) is 62.0 Å². The molecule has 2 aliphatic heterocycles. The van der Waals surface area contributed by atoms with Gasteiger partial charge in [0.05, 0.1) is 30.1 Å². The van der Waals surface area contributed by atoms with Crippen molar-refractivity contribution in [2.45, 2.75) is 90.0 Å².